The molecule has 2 fully saturated rings. The number of hydrogen-bond acceptors (Lipinski definition) is 5. The molecule has 1 amide bonds. The zero-order valence-electron chi connectivity index (χ0n) is 17.2. The van der Waals surface area contributed by atoms with Crippen molar-refractivity contribution >= 4 is 33.3 Å². The van der Waals surface area contributed by atoms with Crippen molar-refractivity contribution in [1.82, 2.24) is 14.9 Å². The zero-order valence-corrected chi connectivity index (χ0v) is 18.0. The van der Waals surface area contributed by atoms with Gasteiger partial charge in [-0.2, -0.15) is 0 Å². The molecule has 1 saturated carbocycles. The number of rotatable bonds is 3. The molecule has 1 unspecified atom stereocenters. The van der Waals surface area contributed by atoms with Crippen LogP contribution < -0.4 is 4.90 Å². The second-order valence-corrected chi connectivity index (χ2v) is 10.3. The van der Waals surface area contributed by atoms with Crippen molar-refractivity contribution in [1.29, 1.82) is 0 Å². The number of hydrogen-bond donors (Lipinski definition) is 0. The van der Waals surface area contributed by atoms with Crippen LogP contribution >= 0.6 is 11.3 Å². The van der Waals surface area contributed by atoms with Gasteiger partial charge in [-0.15, -0.1) is 11.3 Å². The van der Waals surface area contributed by atoms with Crippen LogP contribution in [0.3, 0.4) is 0 Å². The van der Waals surface area contributed by atoms with Crippen LogP contribution in [0.15, 0.2) is 0 Å². The van der Waals surface area contributed by atoms with Gasteiger partial charge < -0.3 is 9.80 Å². The van der Waals surface area contributed by atoms with Gasteiger partial charge in [0.25, 0.3) is 0 Å². The predicted octanol–water partition coefficient (Wildman–Crippen LogP) is 4.00. The minimum atomic E-state index is 0.0738. The van der Waals surface area contributed by atoms with Gasteiger partial charge in [0, 0.05) is 42.9 Å². The third kappa shape index (κ3) is 3.19. The van der Waals surface area contributed by atoms with E-state index in [1.807, 2.05) is 30.1 Å². The molecule has 2 aromatic heterocycles. The van der Waals surface area contributed by atoms with E-state index in [0.29, 0.717) is 5.92 Å². The van der Waals surface area contributed by atoms with Gasteiger partial charge in [-0.05, 0) is 43.6 Å². The van der Waals surface area contributed by atoms with E-state index in [1.165, 1.54) is 46.3 Å². The van der Waals surface area contributed by atoms with Crippen molar-refractivity contribution in [3.63, 3.8) is 0 Å². The third-order valence-corrected chi connectivity index (χ3v) is 7.63. The van der Waals surface area contributed by atoms with Crippen LogP contribution in [0.4, 0.5) is 5.82 Å². The van der Waals surface area contributed by atoms with Gasteiger partial charge in [0.05, 0.1) is 5.39 Å². The standard InChI is InChI=1S/C22H30N4OS/c1-13(2)22(27)26-10-8-25(9-11-26)20-18-16-7-4-14(3)12-17(16)28-21(18)24-19(23-20)15-5-6-15/h13-15H,4-12H2,1-3H3. The lowest BCUT2D eigenvalue weighted by Crippen LogP contribution is -2.50. The summed E-state index contributed by atoms with van der Waals surface area (Å²) in [7, 11) is 0. The van der Waals surface area contributed by atoms with Gasteiger partial charge in [-0.1, -0.05) is 20.8 Å². The average molecular weight is 399 g/mol. The first kappa shape index (κ1) is 18.3. The third-order valence-electron chi connectivity index (χ3n) is 6.48. The van der Waals surface area contributed by atoms with Crippen molar-refractivity contribution in [3.05, 3.63) is 16.3 Å². The van der Waals surface area contributed by atoms with Crippen molar-refractivity contribution in [3.8, 4) is 0 Å². The van der Waals surface area contributed by atoms with E-state index in [-0.39, 0.29) is 11.8 Å². The maximum absolute atomic E-state index is 12.4. The molecule has 1 saturated heterocycles. The summed E-state index contributed by atoms with van der Waals surface area (Å²) in [6.45, 7) is 9.67. The molecule has 150 valence electrons. The van der Waals surface area contributed by atoms with Gasteiger partial charge in [0.15, 0.2) is 0 Å². The molecule has 2 aromatic rings. The van der Waals surface area contributed by atoms with Crippen LogP contribution in [0.1, 0.15) is 62.2 Å². The number of carbonyl (C=O) groups excluding carboxylic acids is 1. The highest BCUT2D eigenvalue weighted by Crippen LogP contribution is 2.44. The summed E-state index contributed by atoms with van der Waals surface area (Å²) in [5, 5.41) is 1.32. The molecule has 1 atom stereocenters. The number of aromatic nitrogens is 2. The maximum atomic E-state index is 12.4. The molecule has 3 heterocycles. The Balaban J connectivity index is 1.50. The Morgan fingerprint density at radius 3 is 2.54 bits per heavy atom. The van der Waals surface area contributed by atoms with Crippen LogP contribution in [0.2, 0.25) is 0 Å². The monoisotopic (exact) mass is 398 g/mol. The molecular weight excluding hydrogens is 368 g/mol. The van der Waals surface area contributed by atoms with E-state index in [1.54, 1.807) is 0 Å². The Bertz CT molecular complexity index is 909. The van der Waals surface area contributed by atoms with Gasteiger partial charge in [-0.3, -0.25) is 4.79 Å². The van der Waals surface area contributed by atoms with Gasteiger partial charge in [0.2, 0.25) is 5.91 Å². The largest absolute Gasteiger partial charge is 0.352 e. The quantitative estimate of drug-likeness (QED) is 0.784. The second-order valence-electron chi connectivity index (χ2n) is 9.18. The molecule has 0 radical (unpaired) electrons. The molecular formula is C22H30N4OS. The molecule has 28 heavy (non-hydrogen) atoms. The molecule has 6 heteroatoms. The van der Waals surface area contributed by atoms with Crippen LogP contribution in [-0.2, 0) is 17.6 Å². The first-order valence-electron chi connectivity index (χ1n) is 10.9. The summed E-state index contributed by atoms with van der Waals surface area (Å²) in [5.41, 5.74) is 1.51. The fraction of sp³-hybridized carbons (Fsp3) is 0.682. The van der Waals surface area contributed by atoms with Crippen molar-refractivity contribution in [2.24, 2.45) is 11.8 Å². The number of aryl methyl sites for hydroxylation is 1. The summed E-state index contributed by atoms with van der Waals surface area (Å²) in [6, 6.07) is 0. The summed E-state index contributed by atoms with van der Waals surface area (Å²) in [6.07, 6.45) is 6.06. The lowest BCUT2D eigenvalue weighted by Gasteiger charge is -2.36. The molecule has 0 spiro atoms. The Hall–Kier alpha value is -1.69. The first-order chi connectivity index (χ1) is 13.5. The molecule has 5 nitrogen and oxygen atoms in total. The maximum Gasteiger partial charge on any atom is 0.225 e. The van der Waals surface area contributed by atoms with Gasteiger partial charge >= 0.3 is 0 Å². The SMILES string of the molecule is CC1CCc2c(sc3nc(C4CC4)nc(N4CCN(C(=O)C(C)C)CC4)c23)C1. The van der Waals surface area contributed by atoms with Crippen LogP contribution in [0, 0.1) is 11.8 Å². The number of anilines is 1. The van der Waals surface area contributed by atoms with E-state index in [0.717, 1.165) is 50.2 Å². The van der Waals surface area contributed by atoms with E-state index in [2.05, 4.69) is 11.8 Å². The van der Waals surface area contributed by atoms with Crippen molar-refractivity contribution < 1.29 is 4.79 Å². The van der Waals surface area contributed by atoms with E-state index < -0.39 is 0 Å². The Kier molecular flexibility index (Phi) is 4.57. The topological polar surface area (TPSA) is 49.3 Å². The highest BCUT2D eigenvalue weighted by Gasteiger charge is 2.32. The van der Waals surface area contributed by atoms with Crippen LogP contribution in [-0.4, -0.2) is 47.0 Å². The van der Waals surface area contributed by atoms with Crippen LogP contribution in [0.5, 0.6) is 0 Å². The molecule has 3 aliphatic rings. The van der Waals surface area contributed by atoms with Gasteiger partial charge in [-0.25, -0.2) is 9.97 Å². The van der Waals surface area contributed by atoms with E-state index >= 15 is 0 Å². The molecule has 0 aromatic carbocycles. The smallest absolute Gasteiger partial charge is 0.225 e. The molecule has 0 N–H and O–H groups in total. The molecule has 1 aliphatic heterocycles. The predicted molar refractivity (Wildman–Crippen MR) is 114 cm³/mol. The molecule has 5 rings (SSSR count). The summed E-state index contributed by atoms with van der Waals surface area (Å²) in [4.78, 5) is 29.7. The number of piperazine rings is 1. The number of amides is 1. The number of thiophene rings is 1. The average Bonchev–Trinajstić information content (AvgIpc) is 3.47. The van der Waals surface area contributed by atoms with Crippen LogP contribution in [0.25, 0.3) is 10.2 Å². The fourth-order valence-corrected chi connectivity index (χ4v) is 5.98. The highest BCUT2D eigenvalue weighted by atomic mass is 32.1. The lowest BCUT2D eigenvalue weighted by atomic mass is 9.89. The summed E-state index contributed by atoms with van der Waals surface area (Å²) < 4.78 is 0. The minimum absolute atomic E-state index is 0.0738. The van der Waals surface area contributed by atoms with E-state index in [9.17, 15) is 4.79 Å². The second kappa shape index (κ2) is 6.97. The normalized spacial score (nSPS) is 22.8. The Morgan fingerprint density at radius 2 is 1.86 bits per heavy atom. The minimum Gasteiger partial charge on any atom is -0.352 e. The zero-order chi connectivity index (χ0) is 19.4. The Morgan fingerprint density at radius 1 is 1.11 bits per heavy atom. The summed E-state index contributed by atoms with van der Waals surface area (Å²) in [5.74, 6) is 3.87. The highest BCUT2D eigenvalue weighted by molar-refractivity contribution is 7.19. The first-order valence-corrected chi connectivity index (χ1v) is 11.7. The number of nitrogens with zero attached hydrogens (tertiary/aromatic N) is 4. The summed E-state index contributed by atoms with van der Waals surface area (Å²) >= 11 is 1.91. The Labute approximate surface area is 171 Å². The molecule has 0 bridgehead atoms. The van der Waals surface area contributed by atoms with Crippen molar-refractivity contribution in [2.75, 3.05) is 31.1 Å². The lowest BCUT2D eigenvalue weighted by molar-refractivity contribution is -0.134. The van der Waals surface area contributed by atoms with E-state index in [4.69, 9.17) is 9.97 Å². The van der Waals surface area contributed by atoms with Gasteiger partial charge in [0.1, 0.15) is 16.5 Å². The number of carbonyl (C=O) groups is 1. The van der Waals surface area contributed by atoms with Crippen molar-refractivity contribution in [2.45, 2.75) is 58.8 Å². The molecule has 2 aliphatic carbocycles. The number of fused-ring (bicyclic) bond motifs is 3. The fourth-order valence-electron chi connectivity index (χ4n) is 4.60.